The Morgan fingerprint density at radius 1 is 0.616 bits per heavy atom. The number of hydrogen-bond acceptors (Lipinski definition) is 17. The standard InChI is InChI=1S/C34H44ClN3O4S.2C31H38ClN3O5S/c1-5-8-23(3)20-43(36,40)37-33(39)25-11-15-32-30(18-25)38(19-26-10-13-28(26)31(6-2)41-4)21-34(22-42-32)16-7-9-24-17-27(35)12-14-29(24)34;2*1-20-5-3-7-28(38-2)25-11-8-23(25)17-35-18-31(14-4-6-21-15-24(32)10-12-26(21)31)19-39-29-13-9-22(16-27(29)35)30(36)34-41(33,37)40-20/h5-6,11-12,14-15,17-18,23,26,28,31H,1-2,7-10,13,16,19-22H2,3-4H3,(H2,36,37,39,40);2*3,7,9-10,12-13,15-16,20,23,25,28H,4-6,8,11,14,17-19H2,1-2H3,(H2,33,34,36,37)/b;7-3+;7-3-/t23-,26-,28+,31-,34-,43?;2*20-,23-,25+,28-,31-,41?/m000/s1. The summed E-state index contributed by atoms with van der Waals surface area (Å²) in [6.45, 7) is 19.4. The molecule has 18 atom stereocenters. The number of nitrogens with zero attached hydrogens (tertiary/aromatic N) is 6. The van der Waals surface area contributed by atoms with E-state index in [-0.39, 0.29) is 46.2 Å². The number of hydrogen-bond donors (Lipinski definition) is 3. The molecule has 3 amide bonds. The summed E-state index contributed by atoms with van der Waals surface area (Å²) in [5.41, 5.74) is 10.5. The van der Waals surface area contributed by atoms with Crippen molar-refractivity contribution < 1.29 is 63.8 Å². The number of halogens is 3. The van der Waals surface area contributed by atoms with E-state index in [9.17, 15) is 27.0 Å². The van der Waals surface area contributed by atoms with Crippen LogP contribution in [0.4, 0.5) is 17.1 Å². The highest BCUT2D eigenvalue weighted by Gasteiger charge is 2.49. The number of fused-ring (bicyclic) bond motifs is 11. The molecule has 6 N–H and O–H groups in total. The maximum Gasteiger partial charge on any atom is 0.287 e. The van der Waals surface area contributed by atoms with Crippen LogP contribution in [0.25, 0.3) is 0 Å². The Bertz CT molecular complexity index is 5310. The van der Waals surface area contributed by atoms with Crippen LogP contribution in [0.3, 0.4) is 0 Å². The largest absolute Gasteiger partial charge is 0.490 e. The van der Waals surface area contributed by atoms with Crippen LogP contribution < -0.4 is 44.3 Å². The topological polar surface area (TPSA) is 301 Å². The Morgan fingerprint density at radius 3 is 1.47 bits per heavy atom. The molecule has 5 aliphatic heterocycles. The van der Waals surface area contributed by atoms with Gasteiger partial charge in [0.05, 0.1) is 67.4 Å². The van der Waals surface area contributed by atoms with Gasteiger partial charge in [-0.3, -0.25) is 22.7 Å². The van der Waals surface area contributed by atoms with Crippen molar-refractivity contribution in [2.75, 3.05) is 101 Å². The molecular weight excluding hydrogens is 1710 g/mol. The van der Waals surface area contributed by atoms with E-state index in [0.29, 0.717) is 91.3 Å². The van der Waals surface area contributed by atoms with E-state index in [1.807, 2.05) is 67.6 Å². The molecule has 6 aromatic carbocycles. The van der Waals surface area contributed by atoms with E-state index in [1.165, 1.54) is 33.4 Å². The van der Waals surface area contributed by atoms with Crippen molar-refractivity contribution in [2.24, 2.45) is 69.9 Å². The molecule has 0 aromatic heterocycles. The Labute approximate surface area is 753 Å². The van der Waals surface area contributed by atoms with Gasteiger partial charge in [0.1, 0.15) is 27.2 Å². The highest BCUT2D eigenvalue weighted by Crippen LogP contribution is 2.52. The van der Waals surface area contributed by atoms with E-state index < -0.39 is 60.2 Å². The Balaban J connectivity index is 0.000000145. The summed E-state index contributed by atoms with van der Waals surface area (Å²) in [4.78, 5) is 46.9. The van der Waals surface area contributed by atoms with Crippen LogP contribution in [0, 0.1) is 41.4 Å². The Kier molecular flexibility index (Phi) is 28.8. The number of aryl methyl sites for hydroxylation is 3. The summed E-state index contributed by atoms with van der Waals surface area (Å²) < 4.78 is 98.8. The van der Waals surface area contributed by atoms with Crippen LogP contribution in [0.15, 0.2) is 172 Å². The molecule has 29 heteroatoms. The number of anilines is 3. The number of carbonyl (C=O) groups excluding carboxylic acids is 3. The lowest BCUT2D eigenvalue weighted by molar-refractivity contribution is 0.0130. The number of allylic oxidation sites excluding steroid dienone is 1. The minimum absolute atomic E-state index is 0.000793. The minimum Gasteiger partial charge on any atom is -0.490 e. The molecule has 3 fully saturated rings. The van der Waals surface area contributed by atoms with Gasteiger partial charge in [0.15, 0.2) is 0 Å². The molecule has 5 heterocycles. The second-order valence-electron chi connectivity index (χ2n) is 36.5. The summed E-state index contributed by atoms with van der Waals surface area (Å²) >= 11 is 19.2. The summed E-state index contributed by atoms with van der Waals surface area (Å²) in [5, 5.41) is 20.0. The maximum atomic E-state index is 13.3. The zero-order valence-corrected chi connectivity index (χ0v) is 77.2. The molecule has 672 valence electrons. The molecule has 11 aliphatic rings. The van der Waals surface area contributed by atoms with Gasteiger partial charge in [0.2, 0.25) is 20.4 Å². The third-order valence-electron chi connectivity index (χ3n) is 27.9. The summed E-state index contributed by atoms with van der Waals surface area (Å²) in [5.74, 6) is 2.70. The quantitative estimate of drug-likeness (QED) is 0.0959. The number of rotatable bonds is 12. The van der Waals surface area contributed by atoms with Gasteiger partial charge in [-0.2, -0.15) is 0 Å². The van der Waals surface area contributed by atoms with Crippen LogP contribution in [-0.4, -0.2) is 147 Å². The van der Waals surface area contributed by atoms with Crippen LogP contribution in [0.2, 0.25) is 15.1 Å². The number of amides is 3. The normalized spacial score (nSPS) is 31.3. The average molecular weight is 1830 g/mol. The summed E-state index contributed by atoms with van der Waals surface area (Å²) in [6.07, 6.45) is 28.0. The predicted octanol–water partition coefficient (Wildman–Crippen LogP) is 18.0. The molecule has 0 saturated heterocycles. The molecule has 3 unspecified atom stereocenters. The predicted molar refractivity (Wildman–Crippen MR) is 497 cm³/mol. The van der Waals surface area contributed by atoms with E-state index in [0.717, 1.165) is 185 Å². The van der Waals surface area contributed by atoms with Crippen LogP contribution in [0.1, 0.15) is 182 Å². The van der Waals surface area contributed by atoms with Crippen molar-refractivity contribution in [1.82, 2.24) is 0 Å². The first-order valence-corrected chi connectivity index (χ1v) is 50.0. The third-order valence-corrected chi connectivity index (χ3v) is 32.2. The van der Waals surface area contributed by atoms with Gasteiger partial charge in [-0.1, -0.05) is 96.4 Å². The van der Waals surface area contributed by atoms with Gasteiger partial charge in [-0.05, 0) is 295 Å². The minimum atomic E-state index is -3.68. The molecule has 3 saturated carbocycles. The highest BCUT2D eigenvalue weighted by atomic mass is 35.5. The first-order chi connectivity index (χ1) is 59.9. The molecule has 0 radical (unpaired) electrons. The number of benzene rings is 6. The SMILES string of the molecule is C=CC[C@H](C)CS(N)(=O)=NC(=O)c1ccc2c(c1)N(C[C@@H]1CC[C@H]1[C@H](C=C)OC)C[C@@]1(CCCc3cc(Cl)ccc31)CO2.CO[C@H]1/C=C/C[C@H](C)OS(N)(=O)=NC(=O)c2ccc3c(c2)N(C[C@@H]2CC[C@H]21)C[C@@]1(CCCc2cc(Cl)ccc21)CO3.CO[C@H]1/C=C\C[C@H](C)OS(N)(=O)=NC(=O)c2ccc3c(c2)N(C[C@@H]2CC[C@H]21)C[C@@]1(CCCc2cc(Cl)ccc21)CO3. The molecule has 3 spiro atoms. The lowest BCUT2D eigenvalue weighted by Gasteiger charge is -2.46. The highest BCUT2D eigenvalue weighted by molar-refractivity contribution is 7.91. The second-order valence-corrected chi connectivity index (χ2v) is 42.6. The van der Waals surface area contributed by atoms with Gasteiger partial charge < -0.3 is 43.1 Å². The smallest absolute Gasteiger partial charge is 0.287 e. The van der Waals surface area contributed by atoms with E-state index in [4.69, 9.17) is 87.0 Å². The molecule has 17 rings (SSSR count). The van der Waals surface area contributed by atoms with Gasteiger partial charge in [0, 0.05) is 114 Å². The van der Waals surface area contributed by atoms with Gasteiger partial charge in [-0.25, -0.2) is 28.0 Å². The van der Waals surface area contributed by atoms with E-state index in [2.05, 4.69) is 89.5 Å². The molecule has 23 nitrogen and oxygen atoms in total. The van der Waals surface area contributed by atoms with E-state index >= 15 is 0 Å². The van der Waals surface area contributed by atoms with Crippen LogP contribution in [0.5, 0.6) is 17.2 Å². The number of methoxy groups -OCH3 is 3. The average Bonchev–Trinajstić information content (AvgIpc) is 1.68. The summed E-state index contributed by atoms with van der Waals surface area (Å²) in [7, 11) is -5.31. The first kappa shape index (κ1) is 92.2. The molecule has 4 bridgehead atoms. The lowest BCUT2D eigenvalue weighted by atomic mass is 9.68. The molecule has 6 aromatic rings. The zero-order chi connectivity index (χ0) is 88.3. The van der Waals surface area contributed by atoms with Gasteiger partial charge in [-0.15, -0.1) is 26.2 Å². The molecule has 125 heavy (non-hydrogen) atoms. The molecule has 6 aliphatic carbocycles. The fourth-order valence-corrected chi connectivity index (χ4v) is 25.2. The van der Waals surface area contributed by atoms with Crippen molar-refractivity contribution in [3.8, 4) is 17.2 Å². The number of carbonyl (C=O) groups is 3. The third kappa shape index (κ3) is 20.9. The van der Waals surface area contributed by atoms with Crippen LogP contribution in [-0.2, 0) is 88.4 Å². The Hall–Kier alpha value is -7.51. The van der Waals surface area contributed by atoms with Crippen molar-refractivity contribution in [2.45, 2.75) is 183 Å². The second kappa shape index (κ2) is 39.0. The molecular formula is C96H120Cl3N9O14S3. The fourth-order valence-electron chi connectivity index (χ4n) is 21.3. The van der Waals surface area contributed by atoms with Crippen molar-refractivity contribution in [3.05, 3.63) is 224 Å². The van der Waals surface area contributed by atoms with E-state index in [1.54, 1.807) is 71.6 Å². The van der Waals surface area contributed by atoms with Crippen molar-refractivity contribution >= 4 is 99.9 Å². The number of ether oxygens (including phenoxy) is 6. The summed E-state index contributed by atoms with van der Waals surface area (Å²) in [6, 6.07) is 34.6. The fraction of sp³-hybridized carbons (Fsp3) is 0.510. The zero-order valence-electron chi connectivity index (χ0n) is 72.5. The Morgan fingerprint density at radius 2 is 1.06 bits per heavy atom. The monoisotopic (exact) mass is 1820 g/mol. The number of nitrogens with two attached hydrogens (primary N) is 3. The van der Waals surface area contributed by atoms with Gasteiger partial charge >= 0.3 is 0 Å². The maximum absolute atomic E-state index is 13.3. The van der Waals surface area contributed by atoms with Crippen LogP contribution >= 0.6 is 34.8 Å². The van der Waals surface area contributed by atoms with Crippen molar-refractivity contribution in [3.63, 3.8) is 0 Å². The van der Waals surface area contributed by atoms with Crippen molar-refractivity contribution in [1.29, 1.82) is 0 Å². The first-order valence-electron chi connectivity index (χ1n) is 44.1. The van der Waals surface area contributed by atoms with Gasteiger partial charge in [0.25, 0.3) is 17.7 Å². The lowest BCUT2D eigenvalue weighted by Crippen LogP contribution is -2.49.